The van der Waals surface area contributed by atoms with E-state index in [0.29, 0.717) is 27.0 Å². The third-order valence-electron chi connectivity index (χ3n) is 4.07. The van der Waals surface area contributed by atoms with Crippen LogP contribution < -0.4 is 4.90 Å². The molecule has 1 aromatic heterocycles. The van der Waals surface area contributed by atoms with E-state index < -0.39 is 0 Å². The van der Waals surface area contributed by atoms with Crippen LogP contribution in [0.15, 0.2) is 28.4 Å². The molecule has 2 rings (SSSR count). The van der Waals surface area contributed by atoms with Crippen LogP contribution in [0.2, 0.25) is 0 Å². The van der Waals surface area contributed by atoms with E-state index in [1.54, 1.807) is 6.92 Å². The quantitative estimate of drug-likeness (QED) is 0.643. The predicted molar refractivity (Wildman–Crippen MR) is 102 cm³/mol. The Morgan fingerprint density at radius 3 is 2.40 bits per heavy atom. The van der Waals surface area contributed by atoms with Crippen LogP contribution >= 0.6 is 11.3 Å². The first-order chi connectivity index (χ1) is 11.9. The van der Waals surface area contributed by atoms with Crippen molar-refractivity contribution in [2.45, 2.75) is 40.7 Å². The fourth-order valence-electron chi connectivity index (χ4n) is 2.68. The highest BCUT2D eigenvalue weighted by Crippen LogP contribution is 2.36. The van der Waals surface area contributed by atoms with Gasteiger partial charge in [0, 0.05) is 18.3 Å². The Hall–Kier alpha value is -2.70. The van der Waals surface area contributed by atoms with Gasteiger partial charge in [-0.25, -0.2) is 0 Å². The van der Waals surface area contributed by atoms with Crippen LogP contribution in [0.4, 0.5) is 16.4 Å². The van der Waals surface area contributed by atoms with Crippen molar-refractivity contribution in [3.05, 3.63) is 39.8 Å². The van der Waals surface area contributed by atoms with Crippen molar-refractivity contribution in [1.82, 2.24) is 0 Å². The Morgan fingerprint density at radius 2 is 1.88 bits per heavy atom. The smallest absolute Gasteiger partial charge is 0.158 e. The minimum Gasteiger partial charge on any atom is -0.369 e. The largest absolute Gasteiger partial charge is 0.369 e. The van der Waals surface area contributed by atoms with Crippen LogP contribution in [0.3, 0.4) is 0 Å². The van der Waals surface area contributed by atoms with E-state index in [-0.39, 0.29) is 0 Å². The molecule has 1 aromatic carbocycles. The Balaban J connectivity index is 2.35. The molecule has 0 saturated carbocycles. The van der Waals surface area contributed by atoms with Gasteiger partial charge in [-0.15, -0.1) is 21.6 Å². The van der Waals surface area contributed by atoms with Gasteiger partial charge in [0.1, 0.15) is 17.0 Å². The van der Waals surface area contributed by atoms with E-state index in [2.05, 4.69) is 54.1 Å². The minimum atomic E-state index is 0.425. The van der Waals surface area contributed by atoms with Crippen LogP contribution in [0.25, 0.3) is 0 Å². The molecular formula is C19H21N5S. The van der Waals surface area contributed by atoms with E-state index in [4.69, 9.17) is 5.26 Å². The molecule has 0 amide bonds. The first-order valence-corrected chi connectivity index (χ1v) is 8.97. The van der Waals surface area contributed by atoms with Crippen molar-refractivity contribution in [3.63, 3.8) is 0 Å². The molecule has 0 spiro atoms. The number of thiophene rings is 1. The highest BCUT2D eigenvalue weighted by atomic mass is 32.1. The lowest BCUT2D eigenvalue weighted by atomic mass is 10.1. The monoisotopic (exact) mass is 351 g/mol. The van der Waals surface area contributed by atoms with Crippen LogP contribution in [0.5, 0.6) is 0 Å². The molecule has 0 aliphatic carbocycles. The number of azo groups is 1. The summed E-state index contributed by atoms with van der Waals surface area (Å²) in [6.45, 7) is 11.2. The Kier molecular flexibility index (Phi) is 5.90. The van der Waals surface area contributed by atoms with Gasteiger partial charge in [-0.2, -0.15) is 10.5 Å². The lowest BCUT2D eigenvalue weighted by Crippen LogP contribution is -2.30. The molecule has 2 aromatic rings. The maximum absolute atomic E-state index is 9.28. The summed E-state index contributed by atoms with van der Waals surface area (Å²) in [6.07, 6.45) is 0. The highest BCUT2D eigenvalue weighted by Gasteiger charge is 2.15. The van der Waals surface area contributed by atoms with Gasteiger partial charge in [0.05, 0.1) is 11.3 Å². The second-order valence-corrected chi connectivity index (χ2v) is 7.01. The summed E-state index contributed by atoms with van der Waals surface area (Å²) in [4.78, 5) is 2.82. The summed E-state index contributed by atoms with van der Waals surface area (Å²) in [6, 6.07) is 10.7. The molecule has 6 heteroatoms. The summed E-state index contributed by atoms with van der Waals surface area (Å²) in [5.74, 6) is 0. The lowest BCUT2D eigenvalue weighted by molar-refractivity contribution is 0.703. The minimum absolute atomic E-state index is 0.425. The van der Waals surface area contributed by atoms with Gasteiger partial charge in [0.15, 0.2) is 5.00 Å². The predicted octanol–water partition coefficient (Wildman–Crippen LogP) is 5.76. The molecule has 0 radical (unpaired) electrons. The molecule has 0 fully saturated rings. The number of anilines is 1. The van der Waals surface area contributed by atoms with Crippen molar-refractivity contribution in [2.24, 2.45) is 10.2 Å². The van der Waals surface area contributed by atoms with E-state index in [1.807, 2.05) is 19.1 Å². The summed E-state index contributed by atoms with van der Waals surface area (Å²) < 4.78 is 0. The number of nitriles is 2. The molecule has 128 valence electrons. The number of hydrogen-bond donors (Lipinski definition) is 0. The molecule has 0 unspecified atom stereocenters. The average molecular weight is 351 g/mol. The van der Waals surface area contributed by atoms with Crippen LogP contribution in [0, 0.1) is 36.5 Å². The molecule has 0 bridgehead atoms. The fraction of sp³-hybridized carbons (Fsp3) is 0.368. The highest BCUT2D eigenvalue weighted by molar-refractivity contribution is 7.16. The van der Waals surface area contributed by atoms with Gasteiger partial charge in [-0.3, -0.25) is 0 Å². The Morgan fingerprint density at radius 1 is 1.16 bits per heavy atom. The van der Waals surface area contributed by atoms with Crippen molar-refractivity contribution in [2.75, 3.05) is 11.4 Å². The van der Waals surface area contributed by atoms with Crippen molar-refractivity contribution in [3.8, 4) is 12.1 Å². The molecule has 0 aliphatic rings. The molecule has 1 heterocycles. The summed E-state index contributed by atoms with van der Waals surface area (Å²) >= 11 is 1.20. The number of hydrogen-bond acceptors (Lipinski definition) is 6. The van der Waals surface area contributed by atoms with Crippen molar-refractivity contribution >= 4 is 27.7 Å². The first-order valence-electron chi connectivity index (χ1n) is 8.15. The maximum atomic E-state index is 9.28. The Labute approximate surface area is 152 Å². The van der Waals surface area contributed by atoms with Gasteiger partial charge >= 0.3 is 0 Å². The molecule has 0 aliphatic heterocycles. The maximum Gasteiger partial charge on any atom is 0.158 e. The van der Waals surface area contributed by atoms with E-state index in [1.165, 1.54) is 11.3 Å². The van der Waals surface area contributed by atoms with Crippen molar-refractivity contribution in [1.29, 1.82) is 10.5 Å². The third-order valence-corrected chi connectivity index (χ3v) is 5.15. The first kappa shape index (κ1) is 18.6. The summed E-state index contributed by atoms with van der Waals surface area (Å²) in [5.41, 5.74) is 4.04. The van der Waals surface area contributed by atoms with E-state index in [9.17, 15) is 5.26 Å². The van der Waals surface area contributed by atoms with Gasteiger partial charge in [-0.1, -0.05) is 0 Å². The average Bonchev–Trinajstić information content (AvgIpc) is 2.89. The number of rotatable bonds is 5. The third kappa shape index (κ3) is 3.87. The number of nitrogens with zero attached hydrogens (tertiary/aromatic N) is 5. The lowest BCUT2D eigenvalue weighted by Gasteiger charge is -2.27. The second-order valence-electron chi connectivity index (χ2n) is 6.01. The molecule has 5 nitrogen and oxygen atoms in total. The van der Waals surface area contributed by atoms with Gasteiger partial charge < -0.3 is 4.90 Å². The summed E-state index contributed by atoms with van der Waals surface area (Å²) in [5, 5.41) is 27.4. The van der Waals surface area contributed by atoms with Gasteiger partial charge in [-0.05, 0) is 63.9 Å². The second kappa shape index (κ2) is 7.92. The molecule has 0 saturated heterocycles. The van der Waals surface area contributed by atoms with Gasteiger partial charge in [0.25, 0.3) is 0 Å². The Bertz CT molecular complexity index is 880. The standard InChI is InChI=1S/C19H21N5S/c1-6-24(12(2)3)15-7-8-17(13(4)9-15)22-23-19-16(10-20)14(5)18(11-21)25-19/h7-9,12H,6H2,1-5H3. The van der Waals surface area contributed by atoms with Crippen LogP contribution in [-0.2, 0) is 0 Å². The molecule has 0 atom stereocenters. The number of benzene rings is 1. The zero-order valence-electron chi connectivity index (χ0n) is 15.2. The van der Waals surface area contributed by atoms with E-state index >= 15 is 0 Å². The molecule has 25 heavy (non-hydrogen) atoms. The van der Waals surface area contributed by atoms with Gasteiger partial charge in [0.2, 0.25) is 0 Å². The zero-order valence-corrected chi connectivity index (χ0v) is 16.0. The van der Waals surface area contributed by atoms with Crippen LogP contribution in [-0.4, -0.2) is 12.6 Å². The van der Waals surface area contributed by atoms with Crippen LogP contribution in [0.1, 0.15) is 42.3 Å². The SMILES string of the molecule is CCN(c1ccc(N=Nc2sc(C#N)c(C)c2C#N)c(C)c1)C(C)C. The molecular weight excluding hydrogens is 330 g/mol. The number of aryl methyl sites for hydroxylation is 1. The zero-order chi connectivity index (χ0) is 18.6. The normalized spacial score (nSPS) is 10.9. The molecule has 0 N–H and O–H groups in total. The topological polar surface area (TPSA) is 75.5 Å². The van der Waals surface area contributed by atoms with E-state index in [0.717, 1.165) is 23.5 Å². The van der Waals surface area contributed by atoms with Crippen molar-refractivity contribution < 1.29 is 0 Å². The summed E-state index contributed by atoms with van der Waals surface area (Å²) in [7, 11) is 0. The fourth-order valence-corrected chi connectivity index (χ4v) is 3.56.